The molecule has 6 aliphatic carbocycles. The molecule has 0 aromatic rings. The molecule has 0 spiro atoms. The van der Waals surface area contributed by atoms with Crippen LogP contribution in [-0.2, 0) is 0 Å². The van der Waals surface area contributed by atoms with Gasteiger partial charge in [0.15, 0.2) is 0 Å². The van der Waals surface area contributed by atoms with Gasteiger partial charge in [0.1, 0.15) is 0 Å². The van der Waals surface area contributed by atoms with Crippen molar-refractivity contribution >= 4 is 0 Å². The lowest BCUT2D eigenvalue weighted by molar-refractivity contribution is 0.0774. The summed E-state index contributed by atoms with van der Waals surface area (Å²) < 4.78 is 0. The smallest absolute Gasteiger partial charge is 0.0168 e. The van der Waals surface area contributed by atoms with E-state index in [-0.39, 0.29) is 0 Å². The van der Waals surface area contributed by atoms with E-state index in [4.69, 9.17) is 0 Å². The monoisotopic (exact) mass is 212 g/mol. The highest BCUT2D eigenvalue weighted by Gasteiger charge is 2.73. The first-order valence-corrected chi connectivity index (χ1v) is 7.60. The van der Waals surface area contributed by atoms with Gasteiger partial charge in [0.2, 0.25) is 0 Å². The van der Waals surface area contributed by atoms with Crippen molar-refractivity contribution in [3.05, 3.63) is 12.2 Å². The highest BCUT2D eigenvalue weighted by molar-refractivity contribution is 5.24. The van der Waals surface area contributed by atoms with Crippen molar-refractivity contribution in [1.29, 1.82) is 0 Å². The van der Waals surface area contributed by atoms with Crippen LogP contribution >= 0.6 is 0 Å². The summed E-state index contributed by atoms with van der Waals surface area (Å²) >= 11 is 0. The van der Waals surface area contributed by atoms with Crippen molar-refractivity contribution in [2.45, 2.75) is 25.7 Å². The van der Waals surface area contributed by atoms with E-state index in [1.165, 1.54) is 47.8 Å². The number of hydrogen-bond donors (Lipinski definition) is 0. The van der Waals surface area contributed by atoms with Gasteiger partial charge in [-0.05, 0) is 84.9 Å². The van der Waals surface area contributed by atoms with Gasteiger partial charge < -0.3 is 0 Å². The van der Waals surface area contributed by atoms with E-state index < -0.39 is 0 Å². The summed E-state index contributed by atoms with van der Waals surface area (Å²) in [5.41, 5.74) is 0. The van der Waals surface area contributed by atoms with Gasteiger partial charge in [0, 0.05) is 0 Å². The molecule has 5 fully saturated rings. The second kappa shape index (κ2) is 2.18. The fourth-order valence-electron chi connectivity index (χ4n) is 7.66. The van der Waals surface area contributed by atoms with Crippen molar-refractivity contribution in [2.24, 2.45) is 59.2 Å². The van der Waals surface area contributed by atoms with E-state index in [1.54, 1.807) is 19.3 Å². The van der Waals surface area contributed by atoms with Crippen LogP contribution in [0.2, 0.25) is 0 Å². The van der Waals surface area contributed by atoms with Crippen molar-refractivity contribution in [3.63, 3.8) is 0 Å². The molecular formula is C16H20. The molecule has 0 heteroatoms. The van der Waals surface area contributed by atoms with Crippen LogP contribution in [-0.4, -0.2) is 0 Å². The summed E-state index contributed by atoms with van der Waals surface area (Å²) in [5.74, 6) is 11.8. The normalized spacial score (nSPS) is 75.5. The molecule has 10 atom stereocenters. The number of rotatable bonds is 0. The Hall–Kier alpha value is -0.260. The van der Waals surface area contributed by atoms with Crippen LogP contribution in [0.5, 0.6) is 0 Å². The van der Waals surface area contributed by atoms with Gasteiger partial charge in [0.25, 0.3) is 0 Å². The molecule has 0 aromatic carbocycles. The van der Waals surface area contributed by atoms with Crippen LogP contribution in [0, 0.1) is 59.2 Å². The van der Waals surface area contributed by atoms with E-state index in [9.17, 15) is 0 Å². The fraction of sp³-hybridized carbons (Fsp3) is 0.875. The summed E-state index contributed by atoms with van der Waals surface area (Å²) in [7, 11) is 0. The highest BCUT2D eigenvalue weighted by Crippen LogP contribution is 2.79. The van der Waals surface area contributed by atoms with Crippen molar-refractivity contribution in [2.75, 3.05) is 0 Å². The molecule has 84 valence electrons. The van der Waals surface area contributed by atoms with Crippen LogP contribution < -0.4 is 0 Å². The van der Waals surface area contributed by atoms with E-state index in [0.717, 1.165) is 17.8 Å². The van der Waals surface area contributed by atoms with Crippen LogP contribution in [0.15, 0.2) is 12.2 Å². The molecule has 0 aromatic heterocycles. The second-order valence-corrected chi connectivity index (χ2v) is 7.75. The first-order chi connectivity index (χ1) is 7.93. The molecule has 0 nitrogen and oxygen atoms in total. The summed E-state index contributed by atoms with van der Waals surface area (Å²) in [6, 6.07) is 0. The first-order valence-electron chi connectivity index (χ1n) is 7.60. The third-order valence-corrected chi connectivity index (χ3v) is 7.81. The minimum atomic E-state index is 1.04. The summed E-state index contributed by atoms with van der Waals surface area (Å²) in [4.78, 5) is 0. The zero-order chi connectivity index (χ0) is 10.0. The van der Waals surface area contributed by atoms with E-state index >= 15 is 0 Å². The second-order valence-electron chi connectivity index (χ2n) is 7.75. The molecule has 6 aliphatic rings. The number of hydrogen-bond acceptors (Lipinski definition) is 0. The predicted molar refractivity (Wildman–Crippen MR) is 62.5 cm³/mol. The first kappa shape index (κ1) is 7.95. The number of allylic oxidation sites excluding steroid dienone is 2. The van der Waals surface area contributed by atoms with Crippen LogP contribution in [0.3, 0.4) is 0 Å². The molecule has 16 heavy (non-hydrogen) atoms. The van der Waals surface area contributed by atoms with E-state index in [2.05, 4.69) is 12.2 Å². The Morgan fingerprint density at radius 3 is 2.12 bits per heavy atom. The molecule has 0 saturated heterocycles. The molecule has 0 unspecified atom stereocenters. The largest absolute Gasteiger partial charge is 0.0879 e. The average Bonchev–Trinajstić information content (AvgIpc) is 2.77. The summed E-state index contributed by atoms with van der Waals surface area (Å²) in [6.45, 7) is 0. The molecule has 0 radical (unpaired) electrons. The van der Waals surface area contributed by atoms with Gasteiger partial charge in [-0.25, -0.2) is 0 Å². The van der Waals surface area contributed by atoms with Crippen molar-refractivity contribution in [3.8, 4) is 0 Å². The molecule has 4 bridgehead atoms. The Balaban J connectivity index is 1.50. The molecule has 6 rings (SSSR count). The maximum atomic E-state index is 2.61. The minimum absolute atomic E-state index is 1.04. The number of fused-ring (bicyclic) bond motifs is 15. The van der Waals surface area contributed by atoms with Crippen LogP contribution in [0.4, 0.5) is 0 Å². The molecule has 0 N–H and O–H groups in total. The molecule has 5 saturated carbocycles. The zero-order valence-corrected chi connectivity index (χ0v) is 9.76. The Kier molecular flexibility index (Phi) is 1.08. The van der Waals surface area contributed by atoms with Gasteiger partial charge in [0.05, 0.1) is 0 Å². The average molecular weight is 212 g/mol. The van der Waals surface area contributed by atoms with Gasteiger partial charge in [-0.2, -0.15) is 0 Å². The Morgan fingerprint density at radius 2 is 1.25 bits per heavy atom. The summed E-state index contributed by atoms with van der Waals surface area (Å²) in [6.07, 6.45) is 11.5. The molecular weight excluding hydrogens is 192 g/mol. The zero-order valence-electron chi connectivity index (χ0n) is 9.76. The minimum Gasteiger partial charge on any atom is -0.0879 e. The quantitative estimate of drug-likeness (QED) is 0.427. The Morgan fingerprint density at radius 1 is 0.625 bits per heavy atom. The third kappa shape index (κ3) is 0.625. The van der Waals surface area contributed by atoms with Crippen molar-refractivity contribution < 1.29 is 0 Å². The molecule has 0 amide bonds. The maximum absolute atomic E-state index is 2.61. The van der Waals surface area contributed by atoms with Gasteiger partial charge >= 0.3 is 0 Å². The predicted octanol–water partition coefficient (Wildman–Crippen LogP) is 3.35. The fourth-order valence-corrected chi connectivity index (χ4v) is 7.66. The van der Waals surface area contributed by atoms with Crippen LogP contribution in [0.25, 0.3) is 0 Å². The third-order valence-electron chi connectivity index (χ3n) is 7.81. The molecule has 0 heterocycles. The lowest BCUT2D eigenvalue weighted by Crippen LogP contribution is -2.36. The van der Waals surface area contributed by atoms with Crippen LogP contribution in [0.1, 0.15) is 25.7 Å². The lowest BCUT2D eigenvalue weighted by atomic mass is 9.64. The van der Waals surface area contributed by atoms with E-state index in [1.807, 2.05) is 0 Å². The van der Waals surface area contributed by atoms with Gasteiger partial charge in [-0.15, -0.1) is 0 Å². The van der Waals surface area contributed by atoms with Gasteiger partial charge in [-0.3, -0.25) is 0 Å². The lowest BCUT2D eigenvalue weighted by Gasteiger charge is -2.40. The topological polar surface area (TPSA) is 0 Å². The van der Waals surface area contributed by atoms with E-state index in [0.29, 0.717) is 0 Å². The van der Waals surface area contributed by atoms with Gasteiger partial charge in [-0.1, -0.05) is 12.2 Å². The standard InChI is InChI=1S/C16H20/c1-2-7-8(3-1)12-5-11(7)15-13-6-14(16(12)15)10-4-9(10)13/h1-2,7-16H,3-6H2/t7-,8+,9+,10-,11+,12-,13+,14-,15-,16+/m1/s1. The SMILES string of the molecule is C1=C[C@@H]2[C@H](C1)[C@H]1C[C@@H]2[C@@H]2[C@H]3C[C@H]([C@@H]4C[C@@H]43)[C@H]12. The maximum Gasteiger partial charge on any atom is -0.0168 e. The highest BCUT2D eigenvalue weighted by atomic mass is 14.8. The summed E-state index contributed by atoms with van der Waals surface area (Å²) in [5, 5.41) is 0. The van der Waals surface area contributed by atoms with Crippen molar-refractivity contribution in [1.82, 2.24) is 0 Å². The Labute approximate surface area is 97.5 Å². The molecule has 0 aliphatic heterocycles. The Bertz CT molecular complexity index is 408.